The van der Waals surface area contributed by atoms with Crippen molar-refractivity contribution in [2.75, 3.05) is 13.7 Å². The van der Waals surface area contributed by atoms with Gasteiger partial charge in [0.05, 0.1) is 19.1 Å². The van der Waals surface area contributed by atoms with Crippen LogP contribution in [0, 0.1) is 0 Å². The number of hydrogen-bond donors (Lipinski definition) is 2. The fourth-order valence-corrected chi connectivity index (χ4v) is 2.52. The Hall–Kier alpha value is -2.66. The molecule has 0 aliphatic heterocycles. The van der Waals surface area contributed by atoms with Crippen molar-refractivity contribution in [3.8, 4) is 0 Å². The number of ether oxygens (including phenoxy) is 1. The lowest BCUT2D eigenvalue weighted by Crippen LogP contribution is -2.31. The Morgan fingerprint density at radius 1 is 1.08 bits per heavy atom. The zero-order valence-corrected chi connectivity index (χ0v) is 13.6. The van der Waals surface area contributed by atoms with Gasteiger partial charge in [-0.1, -0.05) is 48.5 Å². The number of amides is 1. The molecule has 1 atom stereocenters. The number of nitrogens with one attached hydrogen (secondary N) is 1. The molecule has 5 nitrogen and oxygen atoms in total. The Morgan fingerprint density at radius 2 is 1.75 bits per heavy atom. The first kappa shape index (κ1) is 17.7. The van der Waals surface area contributed by atoms with Crippen LogP contribution < -0.4 is 5.32 Å². The van der Waals surface area contributed by atoms with Crippen molar-refractivity contribution >= 4 is 11.9 Å². The Morgan fingerprint density at radius 3 is 2.42 bits per heavy atom. The van der Waals surface area contributed by atoms with Crippen LogP contribution in [0.25, 0.3) is 0 Å². The van der Waals surface area contributed by atoms with Gasteiger partial charge in [-0.3, -0.25) is 9.59 Å². The van der Waals surface area contributed by atoms with Gasteiger partial charge in [0.2, 0.25) is 0 Å². The average molecular weight is 327 g/mol. The molecule has 0 saturated heterocycles. The first-order valence-electron chi connectivity index (χ1n) is 7.76. The van der Waals surface area contributed by atoms with Crippen molar-refractivity contribution in [3.63, 3.8) is 0 Å². The fraction of sp³-hybridized carbons (Fsp3) is 0.263. The van der Waals surface area contributed by atoms with E-state index in [2.05, 4.69) is 5.32 Å². The van der Waals surface area contributed by atoms with Gasteiger partial charge in [-0.2, -0.15) is 0 Å². The van der Waals surface area contributed by atoms with E-state index in [-0.39, 0.29) is 12.3 Å². The molecule has 126 valence electrons. The van der Waals surface area contributed by atoms with E-state index in [1.54, 1.807) is 19.2 Å². The van der Waals surface area contributed by atoms with Crippen molar-refractivity contribution in [3.05, 3.63) is 71.3 Å². The molecule has 0 aromatic heterocycles. The highest BCUT2D eigenvalue weighted by molar-refractivity contribution is 5.96. The molecule has 5 heteroatoms. The third-order valence-electron chi connectivity index (χ3n) is 3.72. The normalized spacial score (nSPS) is 11.7. The summed E-state index contributed by atoms with van der Waals surface area (Å²) in [7, 11) is 1.61. The number of methoxy groups -OCH3 is 1. The third kappa shape index (κ3) is 4.93. The average Bonchev–Trinajstić information content (AvgIpc) is 2.60. The lowest BCUT2D eigenvalue weighted by atomic mass is 10.0. The van der Waals surface area contributed by atoms with Crippen molar-refractivity contribution in [2.24, 2.45) is 0 Å². The van der Waals surface area contributed by atoms with Crippen molar-refractivity contribution in [1.82, 2.24) is 5.32 Å². The molecule has 0 fully saturated rings. The van der Waals surface area contributed by atoms with E-state index >= 15 is 0 Å². The summed E-state index contributed by atoms with van der Waals surface area (Å²) in [6, 6.07) is 15.8. The topological polar surface area (TPSA) is 75.6 Å². The standard InChI is InChI=1S/C19H21NO4/c1-24-12-11-14-7-5-6-10-16(14)19(23)20-17(13-18(21)22)15-8-3-2-4-9-15/h2-10,17H,11-13H2,1H3,(H,20,23)(H,21,22). The Labute approximate surface area is 141 Å². The van der Waals surface area contributed by atoms with Crippen molar-refractivity contribution in [1.29, 1.82) is 0 Å². The molecule has 0 aliphatic rings. The van der Waals surface area contributed by atoms with Crippen LogP contribution in [0.4, 0.5) is 0 Å². The van der Waals surface area contributed by atoms with E-state index in [1.807, 2.05) is 42.5 Å². The molecule has 0 saturated carbocycles. The van der Waals surface area contributed by atoms with E-state index in [0.717, 1.165) is 11.1 Å². The molecule has 2 aromatic carbocycles. The van der Waals surface area contributed by atoms with Gasteiger partial charge in [-0.15, -0.1) is 0 Å². The Balaban J connectivity index is 2.20. The SMILES string of the molecule is COCCc1ccccc1C(=O)NC(CC(=O)O)c1ccccc1. The molecule has 0 aliphatic carbocycles. The highest BCUT2D eigenvalue weighted by Gasteiger charge is 2.20. The van der Waals surface area contributed by atoms with Crippen molar-refractivity contribution < 1.29 is 19.4 Å². The molecule has 0 bridgehead atoms. The summed E-state index contributed by atoms with van der Waals surface area (Å²) in [5.74, 6) is -1.24. The molecule has 24 heavy (non-hydrogen) atoms. The molecule has 2 aromatic rings. The second-order valence-corrected chi connectivity index (χ2v) is 5.43. The van der Waals surface area contributed by atoms with Crippen LogP contribution in [0.15, 0.2) is 54.6 Å². The van der Waals surface area contributed by atoms with Crippen LogP contribution >= 0.6 is 0 Å². The molecular weight excluding hydrogens is 306 g/mol. The quantitative estimate of drug-likeness (QED) is 0.782. The minimum Gasteiger partial charge on any atom is -0.481 e. The number of carboxylic acids is 1. The van der Waals surface area contributed by atoms with Gasteiger partial charge in [0.15, 0.2) is 0 Å². The zero-order valence-electron chi connectivity index (χ0n) is 13.6. The summed E-state index contributed by atoms with van der Waals surface area (Å²) in [5.41, 5.74) is 2.18. The Bertz CT molecular complexity index is 685. The minimum absolute atomic E-state index is 0.171. The number of aliphatic carboxylic acids is 1. The van der Waals surface area contributed by atoms with Gasteiger partial charge >= 0.3 is 5.97 Å². The van der Waals surface area contributed by atoms with Gasteiger partial charge < -0.3 is 15.2 Å². The predicted octanol–water partition coefficient (Wildman–Crippen LogP) is 2.82. The van der Waals surface area contributed by atoms with Crippen molar-refractivity contribution in [2.45, 2.75) is 18.9 Å². The highest BCUT2D eigenvalue weighted by atomic mass is 16.5. The predicted molar refractivity (Wildman–Crippen MR) is 90.9 cm³/mol. The van der Waals surface area contributed by atoms with Crippen LogP contribution in [0.3, 0.4) is 0 Å². The maximum Gasteiger partial charge on any atom is 0.305 e. The van der Waals surface area contributed by atoms with Crippen LogP contribution in [0.5, 0.6) is 0 Å². The van der Waals surface area contributed by atoms with E-state index in [4.69, 9.17) is 9.84 Å². The molecule has 0 heterocycles. The number of rotatable bonds is 8. The minimum atomic E-state index is -0.961. The molecule has 1 unspecified atom stereocenters. The number of benzene rings is 2. The van der Waals surface area contributed by atoms with Crippen LogP contribution in [0.2, 0.25) is 0 Å². The summed E-state index contributed by atoms with van der Waals surface area (Å²) in [4.78, 5) is 23.8. The molecule has 0 spiro atoms. The zero-order chi connectivity index (χ0) is 17.4. The fourth-order valence-electron chi connectivity index (χ4n) is 2.52. The smallest absolute Gasteiger partial charge is 0.305 e. The second kappa shape index (κ2) is 8.84. The monoisotopic (exact) mass is 327 g/mol. The lowest BCUT2D eigenvalue weighted by Gasteiger charge is -2.18. The van der Waals surface area contributed by atoms with E-state index < -0.39 is 12.0 Å². The van der Waals surface area contributed by atoms with Gasteiger partial charge in [0, 0.05) is 12.7 Å². The first-order valence-corrected chi connectivity index (χ1v) is 7.76. The summed E-state index contributed by atoms with van der Waals surface area (Å²) >= 11 is 0. The summed E-state index contributed by atoms with van der Waals surface area (Å²) in [6.07, 6.45) is 0.449. The maximum atomic E-state index is 12.6. The van der Waals surface area contributed by atoms with Gasteiger partial charge in [-0.25, -0.2) is 0 Å². The van der Waals surface area contributed by atoms with Crippen LogP contribution in [0.1, 0.15) is 33.9 Å². The maximum absolute atomic E-state index is 12.6. The third-order valence-corrected chi connectivity index (χ3v) is 3.72. The number of carbonyl (C=O) groups excluding carboxylic acids is 1. The summed E-state index contributed by atoms with van der Waals surface area (Å²) in [5, 5.41) is 12.0. The first-order chi connectivity index (χ1) is 11.6. The molecule has 1 amide bonds. The van der Waals surface area contributed by atoms with E-state index in [1.165, 1.54) is 0 Å². The molecule has 0 radical (unpaired) electrons. The largest absolute Gasteiger partial charge is 0.481 e. The molecule has 2 rings (SSSR count). The Kier molecular flexibility index (Phi) is 6.51. The molecular formula is C19H21NO4. The van der Waals surface area contributed by atoms with Crippen LogP contribution in [-0.2, 0) is 16.0 Å². The lowest BCUT2D eigenvalue weighted by molar-refractivity contribution is -0.137. The van der Waals surface area contributed by atoms with Gasteiger partial charge in [0.1, 0.15) is 0 Å². The number of hydrogen-bond acceptors (Lipinski definition) is 3. The highest BCUT2D eigenvalue weighted by Crippen LogP contribution is 2.18. The molecule has 2 N–H and O–H groups in total. The van der Waals surface area contributed by atoms with E-state index in [0.29, 0.717) is 18.6 Å². The second-order valence-electron chi connectivity index (χ2n) is 5.43. The van der Waals surface area contributed by atoms with Gasteiger partial charge in [-0.05, 0) is 23.6 Å². The van der Waals surface area contributed by atoms with E-state index in [9.17, 15) is 9.59 Å². The number of carboxylic acid groups (broad SMARTS) is 1. The van der Waals surface area contributed by atoms with Gasteiger partial charge in [0.25, 0.3) is 5.91 Å². The summed E-state index contributed by atoms with van der Waals surface area (Å²) in [6.45, 7) is 0.515. The number of carbonyl (C=O) groups is 2. The van der Waals surface area contributed by atoms with Crippen LogP contribution in [-0.4, -0.2) is 30.7 Å². The summed E-state index contributed by atoms with van der Waals surface area (Å²) < 4.78 is 5.07.